The van der Waals surface area contributed by atoms with Gasteiger partial charge in [0.2, 0.25) is 16.0 Å². The maximum absolute atomic E-state index is 13.0. The summed E-state index contributed by atoms with van der Waals surface area (Å²) in [7, 11) is -2.06. The highest BCUT2D eigenvalue weighted by Gasteiger charge is 2.19. The molecule has 0 amide bonds. The van der Waals surface area contributed by atoms with Gasteiger partial charge in [0.15, 0.2) is 4.96 Å². The average Bonchev–Trinajstić information content (AvgIpc) is 3.57. The number of hydrogen-bond acceptors (Lipinski definition) is 8. The summed E-state index contributed by atoms with van der Waals surface area (Å²) >= 11 is 1.54. The van der Waals surface area contributed by atoms with Gasteiger partial charge in [0.05, 0.1) is 23.4 Å². The van der Waals surface area contributed by atoms with E-state index in [2.05, 4.69) is 15.0 Å². The molecular formula is C28H24N6O3S2. The van der Waals surface area contributed by atoms with Crippen LogP contribution >= 0.6 is 11.3 Å². The number of imidazole rings is 1. The van der Waals surface area contributed by atoms with Crippen molar-refractivity contribution in [3.05, 3.63) is 90.6 Å². The second-order valence-corrected chi connectivity index (χ2v) is 11.3. The summed E-state index contributed by atoms with van der Waals surface area (Å²) in [6.45, 7) is 0.464. The molecule has 0 saturated carbocycles. The summed E-state index contributed by atoms with van der Waals surface area (Å²) in [6, 6.07) is 22.3. The highest BCUT2D eigenvalue weighted by atomic mass is 32.2. The molecule has 3 aromatic carbocycles. The topological polar surface area (TPSA) is 111 Å². The maximum Gasteiger partial charge on any atom is 0.241 e. The molecule has 0 saturated heterocycles. The van der Waals surface area contributed by atoms with E-state index in [1.807, 2.05) is 76.6 Å². The minimum Gasteiger partial charge on any atom is -0.497 e. The Labute approximate surface area is 229 Å². The van der Waals surface area contributed by atoms with Crippen molar-refractivity contribution in [2.75, 3.05) is 25.5 Å². The fourth-order valence-electron chi connectivity index (χ4n) is 4.45. The molecule has 39 heavy (non-hydrogen) atoms. The van der Waals surface area contributed by atoms with Gasteiger partial charge in [-0.15, -0.1) is 11.3 Å². The lowest BCUT2D eigenvalue weighted by atomic mass is 10.1. The Kier molecular flexibility index (Phi) is 6.69. The van der Waals surface area contributed by atoms with Crippen LogP contribution in [0.3, 0.4) is 0 Å². The van der Waals surface area contributed by atoms with Crippen molar-refractivity contribution < 1.29 is 13.2 Å². The van der Waals surface area contributed by atoms with Crippen LogP contribution in [0, 0.1) is 0 Å². The molecule has 0 unspecified atom stereocenters. The fourth-order valence-corrected chi connectivity index (χ4v) is 6.42. The van der Waals surface area contributed by atoms with Gasteiger partial charge in [-0.3, -0.25) is 4.40 Å². The van der Waals surface area contributed by atoms with Gasteiger partial charge >= 0.3 is 0 Å². The Morgan fingerprint density at radius 1 is 0.974 bits per heavy atom. The van der Waals surface area contributed by atoms with Crippen molar-refractivity contribution in [3.8, 4) is 28.4 Å². The predicted octanol–water partition coefficient (Wildman–Crippen LogP) is 5.07. The fraction of sp³-hybridized carbons (Fsp3) is 0.107. The number of hydrogen-bond donors (Lipinski definition) is 2. The SMILES string of the molecule is COc1cccc(-c2nc3sccn3c2-c2ccnc(NCCNS(=O)(=O)c3cccc4ccccc34)n2)c1. The molecule has 2 N–H and O–H groups in total. The normalized spacial score (nSPS) is 11.7. The standard InChI is InChI=1S/C28H24N6O3S2/c1-37-21-9-4-8-20(18-21)25-26(34-16-17-38-28(34)33-25)23-12-13-29-27(32-23)30-14-15-31-39(35,36)24-11-5-7-19-6-2-3-10-22(19)24/h2-13,16-18,31H,14-15H2,1H3,(H,29,30,32). The maximum atomic E-state index is 13.0. The van der Waals surface area contributed by atoms with Gasteiger partial charge in [-0.2, -0.15) is 0 Å². The van der Waals surface area contributed by atoms with Crippen LogP contribution < -0.4 is 14.8 Å². The summed E-state index contributed by atoms with van der Waals surface area (Å²) < 4.78 is 36.1. The summed E-state index contributed by atoms with van der Waals surface area (Å²) in [6.07, 6.45) is 3.63. The minimum atomic E-state index is -3.70. The Hall–Kier alpha value is -4.32. The molecule has 0 bridgehead atoms. The van der Waals surface area contributed by atoms with Crippen molar-refractivity contribution in [1.82, 2.24) is 24.1 Å². The van der Waals surface area contributed by atoms with E-state index in [1.54, 1.807) is 36.8 Å². The third-order valence-electron chi connectivity index (χ3n) is 6.24. The quantitative estimate of drug-likeness (QED) is 0.239. The van der Waals surface area contributed by atoms with E-state index in [-0.39, 0.29) is 11.4 Å². The van der Waals surface area contributed by atoms with Crippen LogP contribution in [0.5, 0.6) is 5.75 Å². The zero-order valence-corrected chi connectivity index (χ0v) is 22.5. The molecule has 0 fully saturated rings. The number of aromatic nitrogens is 4. The lowest BCUT2D eigenvalue weighted by Gasteiger charge is -2.11. The van der Waals surface area contributed by atoms with Gasteiger partial charge in [0.1, 0.15) is 11.4 Å². The Morgan fingerprint density at radius 2 is 1.82 bits per heavy atom. The second kappa shape index (κ2) is 10.4. The zero-order chi connectivity index (χ0) is 26.8. The molecule has 0 spiro atoms. The number of fused-ring (bicyclic) bond motifs is 2. The van der Waals surface area contributed by atoms with Gasteiger partial charge in [-0.1, -0.05) is 48.5 Å². The average molecular weight is 557 g/mol. The van der Waals surface area contributed by atoms with Gasteiger partial charge in [-0.25, -0.2) is 28.1 Å². The lowest BCUT2D eigenvalue weighted by Crippen LogP contribution is -2.29. The molecule has 9 nitrogen and oxygen atoms in total. The van der Waals surface area contributed by atoms with E-state index in [9.17, 15) is 8.42 Å². The third kappa shape index (κ3) is 4.94. The summed E-state index contributed by atoms with van der Waals surface area (Å²) in [4.78, 5) is 15.0. The summed E-state index contributed by atoms with van der Waals surface area (Å²) in [5, 5.41) is 6.66. The van der Waals surface area contributed by atoms with Gasteiger partial charge < -0.3 is 10.1 Å². The molecule has 6 rings (SSSR count). The number of benzene rings is 3. The van der Waals surface area contributed by atoms with Crippen molar-refractivity contribution in [1.29, 1.82) is 0 Å². The Balaban J connectivity index is 1.21. The van der Waals surface area contributed by atoms with E-state index in [0.717, 1.165) is 33.0 Å². The molecule has 0 aliphatic rings. The van der Waals surface area contributed by atoms with Gasteiger partial charge in [0.25, 0.3) is 0 Å². The number of rotatable bonds is 9. The molecule has 3 heterocycles. The molecule has 11 heteroatoms. The molecule has 0 aliphatic carbocycles. The van der Waals surface area contributed by atoms with Crippen LogP contribution in [0.25, 0.3) is 38.4 Å². The van der Waals surface area contributed by atoms with Crippen molar-refractivity contribution in [2.45, 2.75) is 4.90 Å². The molecule has 0 aliphatic heterocycles. The van der Waals surface area contributed by atoms with Crippen LogP contribution in [0.1, 0.15) is 0 Å². The molecule has 6 aromatic rings. The number of ether oxygens (including phenoxy) is 1. The first-order valence-corrected chi connectivity index (χ1v) is 14.5. The van der Waals surface area contributed by atoms with Crippen molar-refractivity contribution >= 4 is 43.0 Å². The van der Waals surface area contributed by atoms with Gasteiger partial charge in [-0.05, 0) is 29.7 Å². The van der Waals surface area contributed by atoms with Crippen molar-refractivity contribution in [2.24, 2.45) is 0 Å². The van der Waals surface area contributed by atoms with E-state index < -0.39 is 10.0 Å². The number of thiazole rings is 1. The van der Waals surface area contributed by atoms with Crippen LogP contribution in [0.2, 0.25) is 0 Å². The Morgan fingerprint density at radius 3 is 2.72 bits per heavy atom. The van der Waals surface area contributed by atoms with Gasteiger partial charge in [0, 0.05) is 41.8 Å². The largest absolute Gasteiger partial charge is 0.497 e. The minimum absolute atomic E-state index is 0.162. The smallest absolute Gasteiger partial charge is 0.241 e. The van der Waals surface area contributed by atoms with E-state index >= 15 is 0 Å². The number of methoxy groups -OCH3 is 1. The van der Waals surface area contributed by atoms with E-state index in [4.69, 9.17) is 14.7 Å². The van der Waals surface area contributed by atoms with Crippen molar-refractivity contribution in [3.63, 3.8) is 0 Å². The number of anilines is 1. The van der Waals surface area contributed by atoms with E-state index in [1.165, 1.54) is 0 Å². The zero-order valence-electron chi connectivity index (χ0n) is 20.9. The van der Waals surface area contributed by atoms with Crippen LogP contribution in [0.15, 0.2) is 95.5 Å². The third-order valence-corrected chi connectivity index (χ3v) is 8.52. The highest BCUT2D eigenvalue weighted by Crippen LogP contribution is 2.34. The highest BCUT2D eigenvalue weighted by molar-refractivity contribution is 7.89. The molecule has 0 atom stereocenters. The monoisotopic (exact) mass is 556 g/mol. The number of nitrogens with one attached hydrogen (secondary N) is 2. The van der Waals surface area contributed by atoms with Crippen LogP contribution in [-0.2, 0) is 10.0 Å². The second-order valence-electron chi connectivity index (χ2n) is 8.66. The first kappa shape index (κ1) is 25.0. The number of nitrogens with zero attached hydrogens (tertiary/aromatic N) is 4. The summed E-state index contributed by atoms with van der Waals surface area (Å²) in [5.74, 6) is 1.13. The van der Waals surface area contributed by atoms with Crippen LogP contribution in [-0.4, -0.2) is 48.0 Å². The lowest BCUT2D eigenvalue weighted by molar-refractivity contribution is 0.415. The first-order chi connectivity index (χ1) is 19.0. The predicted molar refractivity (Wildman–Crippen MR) is 154 cm³/mol. The summed E-state index contributed by atoms with van der Waals surface area (Å²) in [5.41, 5.74) is 3.22. The molecule has 196 valence electrons. The van der Waals surface area contributed by atoms with Crippen LogP contribution in [0.4, 0.5) is 5.95 Å². The first-order valence-electron chi connectivity index (χ1n) is 12.2. The molecule has 3 aromatic heterocycles. The number of sulfonamides is 1. The molecule has 0 radical (unpaired) electrons. The van der Waals surface area contributed by atoms with E-state index in [0.29, 0.717) is 23.6 Å². The Bertz CT molecular complexity index is 1890. The molecular weight excluding hydrogens is 532 g/mol.